The fraction of sp³-hybridized carbons (Fsp3) is 0.500. The molecule has 0 unspecified atom stereocenters. The lowest BCUT2D eigenvalue weighted by Gasteiger charge is -1.70. The highest BCUT2D eigenvalue weighted by molar-refractivity contribution is 5.79. The Morgan fingerprint density at radius 2 is 1.80 bits per heavy atom. The third-order valence-corrected chi connectivity index (χ3v) is 0.409. The van der Waals surface area contributed by atoms with E-state index in [0.717, 1.165) is 6.08 Å². The van der Waals surface area contributed by atoms with Crippen molar-refractivity contribution in [2.75, 3.05) is 13.2 Å². The number of hydrogen-bond acceptors (Lipinski definition) is 3. The van der Waals surface area contributed by atoms with Gasteiger partial charge in [-0.15, -0.1) is 0 Å². The minimum atomic E-state index is -0.891. The van der Waals surface area contributed by atoms with Crippen LogP contribution >= 0.6 is 0 Å². The van der Waals surface area contributed by atoms with Crippen LogP contribution in [-0.4, -0.2) is 34.5 Å². The van der Waals surface area contributed by atoms with Gasteiger partial charge in [0.15, 0.2) is 0 Å². The zero-order chi connectivity index (χ0) is 8.41. The maximum atomic E-state index is 9.51. The van der Waals surface area contributed by atoms with Crippen LogP contribution in [0.25, 0.3) is 0 Å². The normalized spacial score (nSPS) is 8.70. The first-order chi connectivity index (χ1) is 4.68. The molecule has 0 aliphatic rings. The third kappa shape index (κ3) is 27.3. The number of carbonyl (C=O) groups is 1. The molecule has 0 heterocycles. The molecule has 0 saturated carbocycles. The van der Waals surface area contributed by atoms with Crippen LogP contribution in [0.2, 0.25) is 0 Å². The standard InChI is InChI=1S/C4H6O2.C2H6O2/c1-2-3-4(5)6;3-1-2-4/h2-3H,1H3,(H,5,6);3-4H,1-2H2. The van der Waals surface area contributed by atoms with Crippen molar-refractivity contribution >= 4 is 5.97 Å². The van der Waals surface area contributed by atoms with Crippen LogP contribution in [0.1, 0.15) is 6.92 Å². The van der Waals surface area contributed by atoms with E-state index >= 15 is 0 Å². The molecule has 0 amide bonds. The second kappa shape index (κ2) is 11.0. The minimum Gasteiger partial charge on any atom is -0.478 e. The molecule has 0 aliphatic heterocycles. The molecule has 0 fully saturated rings. The van der Waals surface area contributed by atoms with E-state index in [0.29, 0.717) is 0 Å². The van der Waals surface area contributed by atoms with Gasteiger partial charge in [0, 0.05) is 6.08 Å². The average Bonchev–Trinajstić information content (AvgIpc) is 1.89. The summed E-state index contributed by atoms with van der Waals surface area (Å²) in [7, 11) is 0. The summed E-state index contributed by atoms with van der Waals surface area (Å²) in [5.41, 5.74) is 0. The number of allylic oxidation sites excluding steroid dienone is 1. The summed E-state index contributed by atoms with van der Waals surface area (Å²) in [5, 5.41) is 23.1. The van der Waals surface area contributed by atoms with E-state index < -0.39 is 5.97 Å². The van der Waals surface area contributed by atoms with E-state index in [1.165, 1.54) is 6.08 Å². The van der Waals surface area contributed by atoms with Crippen molar-refractivity contribution in [2.24, 2.45) is 0 Å². The van der Waals surface area contributed by atoms with E-state index in [4.69, 9.17) is 15.3 Å². The molecule has 0 aliphatic carbocycles. The van der Waals surface area contributed by atoms with Gasteiger partial charge in [0.1, 0.15) is 0 Å². The molecule has 10 heavy (non-hydrogen) atoms. The Labute approximate surface area is 59.4 Å². The summed E-state index contributed by atoms with van der Waals surface area (Å²) in [6.45, 7) is 1.41. The zero-order valence-electron chi connectivity index (χ0n) is 5.82. The molecule has 0 rings (SSSR count). The van der Waals surface area contributed by atoms with E-state index in [1.807, 2.05) is 0 Å². The van der Waals surface area contributed by atoms with Gasteiger partial charge in [-0.2, -0.15) is 0 Å². The lowest BCUT2D eigenvalue weighted by Crippen LogP contribution is -1.85. The highest BCUT2D eigenvalue weighted by Crippen LogP contribution is 1.65. The Morgan fingerprint density at radius 1 is 1.40 bits per heavy atom. The zero-order valence-corrected chi connectivity index (χ0v) is 5.82. The minimum absolute atomic E-state index is 0.125. The number of rotatable bonds is 2. The van der Waals surface area contributed by atoms with E-state index in [9.17, 15) is 4.79 Å². The molecule has 4 nitrogen and oxygen atoms in total. The van der Waals surface area contributed by atoms with Gasteiger partial charge in [-0.05, 0) is 6.92 Å². The van der Waals surface area contributed by atoms with Crippen LogP contribution in [0.15, 0.2) is 12.2 Å². The fourth-order valence-electron chi connectivity index (χ4n) is 0.143. The summed E-state index contributed by atoms with van der Waals surface area (Å²) in [6, 6.07) is 0. The number of aliphatic hydroxyl groups is 2. The molecule has 0 aromatic carbocycles. The van der Waals surface area contributed by atoms with Gasteiger partial charge in [0.2, 0.25) is 0 Å². The molecular weight excluding hydrogens is 136 g/mol. The number of carboxylic acid groups (broad SMARTS) is 1. The number of hydrogen-bond donors (Lipinski definition) is 3. The summed E-state index contributed by atoms with van der Waals surface area (Å²) in [4.78, 5) is 9.51. The number of carboxylic acids is 1. The van der Waals surface area contributed by atoms with Crippen molar-refractivity contribution in [3.05, 3.63) is 12.2 Å². The first-order valence-electron chi connectivity index (χ1n) is 2.76. The Balaban J connectivity index is 0. The maximum absolute atomic E-state index is 9.51. The van der Waals surface area contributed by atoms with E-state index in [-0.39, 0.29) is 13.2 Å². The molecule has 0 radical (unpaired) electrons. The molecule has 4 heteroatoms. The van der Waals surface area contributed by atoms with Crippen molar-refractivity contribution in [3.63, 3.8) is 0 Å². The first kappa shape index (κ1) is 11.9. The van der Waals surface area contributed by atoms with Gasteiger partial charge in [-0.3, -0.25) is 0 Å². The summed E-state index contributed by atoms with van der Waals surface area (Å²) < 4.78 is 0. The molecule has 60 valence electrons. The average molecular weight is 148 g/mol. The van der Waals surface area contributed by atoms with Crippen molar-refractivity contribution in [1.82, 2.24) is 0 Å². The van der Waals surface area contributed by atoms with Crippen LogP contribution in [0.3, 0.4) is 0 Å². The molecule has 0 aromatic heterocycles. The second-order valence-electron chi connectivity index (χ2n) is 1.29. The van der Waals surface area contributed by atoms with Gasteiger partial charge in [-0.1, -0.05) is 6.08 Å². The Morgan fingerprint density at radius 3 is 1.80 bits per heavy atom. The maximum Gasteiger partial charge on any atom is 0.327 e. The highest BCUT2D eigenvalue weighted by Gasteiger charge is 1.76. The van der Waals surface area contributed by atoms with E-state index in [1.54, 1.807) is 6.92 Å². The first-order valence-corrected chi connectivity index (χ1v) is 2.76. The van der Waals surface area contributed by atoms with Gasteiger partial charge in [0.25, 0.3) is 0 Å². The molecule has 0 aromatic rings. The summed E-state index contributed by atoms with van der Waals surface area (Å²) in [5.74, 6) is -0.891. The number of aliphatic carboxylic acids is 1. The Hall–Kier alpha value is -0.870. The van der Waals surface area contributed by atoms with Crippen LogP contribution in [0, 0.1) is 0 Å². The predicted molar refractivity (Wildman–Crippen MR) is 36.6 cm³/mol. The molecule has 0 bridgehead atoms. The van der Waals surface area contributed by atoms with Crippen molar-refractivity contribution in [3.8, 4) is 0 Å². The lowest BCUT2D eigenvalue weighted by atomic mass is 10.5. The lowest BCUT2D eigenvalue weighted by molar-refractivity contribution is -0.131. The molecule has 3 N–H and O–H groups in total. The largest absolute Gasteiger partial charge is 0.478 e. The van der Waals surface area contributed by atoms with Gasteiger partial charge in [0.05, 0.1) is 13.2 Å². The quantitative estimate of drug-likeness (QED) is 0.466. The summed E-state index contributed by atoms with van der Waals surface area (Å²) in [6.07, 6.45) is 2.56. The highest BCUT2D eigenvalue weighted by atomic mass is 16.4. The van der Waals surface area contributed by atoms with Crippen LogP contribution in [0.5, 0.6) is 0 Å². The smallest absolute Gasteiger partial charge is 0.327 e. The monoisotopic (exact) mass is 148 g/mol. The van der Waals surface area contributed by atoms with Gasteiger partial charge in [-0.25, -0.2) is 4.79 Å². The molecule has 0 spiro atoms. The topological polar surface area (TPSA) is 77.8 Å². The SMILES string of the molecule is CC=CC(=O)O.OCCO. The number of aliphatic hydroxyl groups excluding tert-OH is 2. The van der Waals surface area contributed by atoms with Crippen molar-refractivity contribution in [1.29, 1.82) is 0 Å². The van der Waals surface area contributed by atoms with Crippen molar-refractivity contribution in [2.45, 2.75) is 6.92 Å². The second-order valence-corrected chi connectivity index (χ2v) is 1.29. The van der Waals surface area contributed by atoms with Crippen LogP contribution in [0.4, 0.5) is 0 Å². The van der Waals surface area contributed by atoms with Gasteiger partial charge >= 0.3 is 5.97 Å². The Bertz CT molecular complexity index is 95.9. The molecular formula is C6H12O4. The van der Waals surface area contributed by atoms with Crippen LogP contribution < -0.4 is 0 Å². The van der Waals surface area contributed by atoms with Gasteiger partial charge < -0.3 is 15.3 Å². The van der Waals surface area contributed by atoms with Crippen LogP contribution in [-0.2, 0) is 4.79 Å². The van der Waals surface area contributed by atoms with E-state index in [2.05, 4.69) is 0 Å². The predicted octanol–water partition coefficient (Wildman–Crippen LogP) is -0.382. The fourth-order valence-corrected chi connectivity index (χ4v) is 0.143. The summed E-state index contributed by atoms with van der Waals surface area (Å²) >= 11 is 0. The third-order valence-electron chi connectivity index (χ3n) is 0.409. The molecule has 0 atom stereocenters. The van der Waals surface area contributed by atoms with Crippen molar-refractivity contribution < 1.29 is 20.1 Å². The molecule has 0 saturated heterocycles. The Kier molecular flexibility index (Phi) is 13.1.